The van der Waals surface area contributed by atoms with E-state index in [1.807, 2.05) is 5.32 Å². The van der Waals surface area contributed by atoms with E-state index in [-0.39, 0.29) is 37.5 Å². The van der Waals surface area contributed by atoms with Gasteiger partial charge in [0.15, 0.2) is 0 Å². The molecule has 0 rings (SSSR count). The molecule has 24 nitrogen and oxygen atoms in total. The van der Waals surface area contributed by atoms with E-state index in [1.165, 1.54) is 6.92 Å². The Bertz CT molecular complexity index is 1480. The average molecular weight is 884 g/mol. The maximum absolute atomic E-state index is 13.8. The number of aliphatic carboxylic acids is 3. The molecule has 344 valence electrons. The maximum Gasteiger partial charge on any atom is 0.567 e. The first-order valence-corrected chi connectivity index (χ1v) is 20.9. The number of hydrogen-bond donors (Lipinski definition) is 14. The van der Waals surface area contributed by atoms with E-state index in [9.17, 15) is 68.0 Å². The highest BCUT2D eigenvalue weighted by Gasteiger charge is 2.40. The van der Waals surface area contributed by atoms with Gasteiger partial charge in [0.1, 0.15) is 42.9 Å². The summed E-state index contributed by atoms with van der Waals surface area (Å²) in [5.41, 5.74) is 11.0. The first kappa shape index (κ1) is 55.4. The molecule has 0 aromatic carbocycles. The van der Waals surface area contributed by atoms with Crippen LogP contribution in [0.5, 0.6) is 0 Å². The molecule has 25 heteroatoms. The predicted molar refractivity (Wildman–Crippen MR) is 212 cm³/mol. The largest absolute Gasteiger partial charge is 0.567 e. The highest BCUT2D eigenvalue weighted by atomic mass is 31.2. The third-order valence-corrected chi connectivity index (χ3v) is 9.32. The van der Waals surface area contributed by atoms with Gasteiger partial charge in [-0.05, 0) is 56.4 Å². The van der Waals surface area contributed by atoms with E-state index in [0.29, 0.717) is 19.4 Å². The Morgan fingerprint density at radius 1 is 0.583 bits per heavy atom. The molecule has 0 bridgehead atoms. The fourth-order valence-corrected chi connectivity index (χ4v) is 5.84. The number of carboxylic acids is 3. The molecule has 0 aliphatic rings. The highest BCUT2D eigenvalue weighted by molar-refractivity contribution is 7.53. The molecule has 0 radical (unpaired) electrons. The van der Waals surface area contributed by atoms with Crippen LogP contribution in [0.4, 0.5) is 0 Å². The summed E-state index contributed by atoms with van der Waals surface area (Å²) in [7, 11) is -5.04. The van der Waals surface area contributed by atoms with Crippen molar-refractivity contribution in [1.82, 2.24) is 31.9 Å². The van der Waals surface area contributed by atoms with Crippen LogP contribution in [-0.4, -0.2) is 139 Å². The molecule has 0 heterocycles. The summed E-state index contributed by atoms with van der Waals surface area (Å²) in [6.45, 7) is 9.22. The van der Waals surface area contributed by atoms with E-state index >= 15 is 0 Å². The van der Waals surface area contributed by atoms with Gasteiger partial charge >= 0.3 is 26.1 Å². The monoisotopic (exact) mass is 883 g/mol. The second kappa shape index (κ2) is 27.3. The molecule has 0 spiro atoms. The SMILES string of the molecule is CC[C@H](C)[C@H](NC(=O)[C@H](CC(=O)O)NC(=O)[C@@H](N)CC(=O)O)C(=O)N[C@@H](CO[P+](O)(O)O)C(=O)N[C@@H](CC(C)C)C(=O)N[C@@H](CC(C)C)C(=O)N[C@@H](CCCCN)C(=O)O. The quantitative estimate of drug-likeness (QED) is 0.0256. The van der Waals surface area contributed by atoms with Gasteiger partial charge in [-0.1, -0.05) is 48.0 Å². The van der Waals surface area contributed by atoms with Crippen LogP contribution in [0.2, 0.25) is 0 Å². The smallest absolute Gasteiger partial charge is 0.481 e. The summed E-state index contributed by atoms with van der Waals surface area (Å²) in [6.07, 6.45) is -0.685. The molecule has 6 amide bonds. The van der Waals surface area contributed by atoms with Crippen LogP contribution in [0.25, 0.3) is 0 Å². The van der Waals surface area contributed by atoms with Crippen LogP contribution in [-0.2, 0) is 47.7 Å². The number of hydrogen-bond acceptors (Lipinski definition) is 15. The van der Waals surface area contributed by atoms with Gasteiger partial charge in [-0.2, -0.15) is 19.2 Å². The number of rotatable bonds is 30. The molecule has 8 atom stereocenters. The van der Waals surface area contributed by atoms with E-state index < -0.39 is 129 Å². The van der Waals surface area contributed by atoms with Crippen LogP contribution >= 0.6 is 8.17 Å². The van der Waals surface area contributed by atoms with Crippen LogP contribution in [0.3, 0.4) is 0 Å². The second-order valence-electron chi connectivity index (χ2n) is 15.2. The Hall–Kier alpha value is -4.58. The molecule has 60 heavy (non-hydrogen) atoms. The summed E-state index contributed by atoms with van der Waals surface area (Å²) >= 11 is 0. The molecule has 0 saturated carbocycles. The number of carbonyl (C=O) groups is 9. The lowest BCUT2D eigenvalue weighted by Crippen LogP contribution is -2.61. The zero-order chi connectivity index (χ0) is 46.5. The van der Waals surface area contributed by atoms with Crippen molar-refractivity contribution in [2.45, 2.75) is 135 Å². The first-order chi connectivity index (χ1) is 27.7. The number of carbonyl (C=O) groups excluding carboxylic acids is 6. The molecule has 0 aromatic rings. The molecular formula is C35H64N8O16P+. The summed E-state index contributed by atoms with van der Waals surface area (Å²) < 4.78 is 4.63. The third kappa shape index (κ3) is 22.7. The van der Waals surface area contributed by atoms with E-state index in [2.05, 4.69) is 31.1 Å². The average Bonchev–Trinajstić information content (AvgIpc) is 3.12. The van der Waals surface area contributed by atoms with Gasteiger partial charge in [0, 0.05) is 0 Å². The van der Waals surface area contributed by atoms with Crippen molar-refractivity contribution < 1.29 is 77.7 Å². The van der Waals surface area contributed by atoms with Crippen molar-refractivity contribution in [3.8, 4) is 0 Å². The molecule has 0 aromatic heterocycles. The van der Waals surface area contributed by atoms with Crippen molar-refractivity contribution in [2.75, 3.05) is 13.2 Å². The number of unbranched alkanes of at least 4 members (excludes halogenated alkanes) is 1. The summed E-state index contributed by atoms with van der Waals surface area (Å²) in [6, 6.07) is -11.0. The topological polar surface area (TPSA) is 408 Å². The molecular weight excluding hydrogens is 819 g/mol. The Morgan fingerprint density at radius 2 is 1.02 bits per heavy atom. The van der Waals surface area contributed by atoms with Gasteiger partial charge in [-0.25, -0.2) is 4.79 Å². The lowest BCUT2D eigenvalue weighted by molar-refractivity contribution is -0.142. The molecule has 0 aliphatic carbocycles. The number of amides is 6. The van der Waals surface area contributed by atoms with Gasteiger partial charge < -0.3 is 58.7 Å². The van der Waals surface area contributed by atoms with E-state index in [4.69, 9.17) is 16.6 Å². The van der Waals surface area contributed by atoms with Crippen molar-refractivity contribution in [1.29, 1.82) is 0 Å². The van der Waals surface area contributed by atoms with Crippen LogP contribution < -0.4 is 43.4 Å². The molecule has 16 N–H and O–H groups in total. The highest BCUT2D eigenvalue weighted by Crippen LogP contribution is 2.45. The number of nitrogens with two attached hydrogens (primary N) is 2. The molecule has 0 unspecified atom stereocenters. The van der Waals surface area contributed by atoms with Crippen LogP contribution in [0.1, 0.15) is 92.9 Å². The minimum absolute atomic E-state index is 0.0543. The van der Waals surface area contributed by atoms with Crippen molar-refractivity contribution >= 4 is 61.5 Å². The van der Waals surface area contributed by atoms with Crippen molar-refractivity contribution in [2.24, 2.45) is 29.2 Å². The summed E-state index contributed by atoms with van der Waals surface area (Å²) in [5.74, 6) is -11.9. The second-order valence-corrected chi connectivity index (χ2v) is 16.5. The van der Waals surface area contributed by atoms with E-state index in [0.717, 1.165) is 0 Å². The standard InChI is InChI=1S/C35H63N8O16P/c1-7-19(6)28(43-32(51)24(15-27(46)47)39-29(48)20(37)14-26(44)45)34(53)42-25(16-59-60(56,57)58)33(52)41-23(13-18(4)5)31(50)40-22(12-17(2)3)30(49)38-21(35(54)55)10-8-9-11-36/h17-25,28,56-58H,7-16,36-37H2,1-6H3,(H8-,38,39,40,41,42,43,44,45,46,47,48,49,50,51,52,53,54,55)/p+1/t19-,20-,21-,22-,23-,24-,25-,28-/m0/s1. The fraction of sp³-hybridized carbons (Fsp3) is 0.743. The zero-order valence-corrected chi connectivity index (χ0v) is 35.6. The fourth-order valence-electron chi connectivity index (χ4n) is 5.49. The van der Waals surface area contributed by atoms with Gasteiger partial charge in [-0.3, -0.25) is 38.4 Å². The Kier molecular flexibility index (Phi) is 25.2. The minimum Gasteiger partial charge on any atom is -0.481 e. The minimum atomic E-state index is -5.04. The lowest BCUT2D eigenvalue weighted by atomic mass is 9.97. The third-order valence-electron chi connectivity index (χ3n) is 8.83. The van der Waals surface area contributed by atoms with Crippen molar-refractivity contribution in [3.05, 3.63) is 0 Å². The van der Waals surface area contributed by atoms with Crippen LogP contribution in [0.15, 0.2) is 0 Å². The van der Waals surface area contributed by atoms with Crippen LogP contribution in [0, 0.1) is 17.8 Å². The molecule has 0 fully saturated rings. The number of carboxylic acid groups (broad SMARTS) is 3. The predicted octanol–water partition coefficient (Wildman–Crippen LogP) is -2.81. The summed E-state index contributed by atoms with van der Waals surface area (Å²) in [5, 5.41) is 42.0. The Labute approximate surface area is 348 Å². The lowest BCUT2D eigenvalue weighted by Gasteiger charge is -2.29. The molecule has 0 aliphatic heterocycles. The van der Waals surface area contributed by atoms with Crippen molar-refractivity contribution in [3.63, 3.8) is 0 Å². The normalized spacial score (nSPS) is 15.6. The van der Waals surface area contributed by atoms with Gasteiger partial charge in [0.2, 0.25) is 35.4 Å². The van der Waals surface area contributed by atoms with Gasteiger partial charge in [0.25, 0.3) is 0 Å². The maximum atomic E-state index is 13.8. The summed E-state index contributed by atoms with van der Waals surface area (Å²) in [4.78, 5) is 143. The first-order valence-electron chi connectivity index (χ1n) is 19.4. The Balaban J connectivity index is 6.55. The van der Waals surface area contributed by atoms with E-state index in [1.54, 1.807) is 34.6 Å². The number of nitrogens with one attached hydrogen (secondary N) is 6. The zero-order valence-electron chi connectivity index (χ0n) is 34.7. The van der Waals surface area contributed by atoms with Gasteiger partial charge in [0.05, 0.1) is 18.9 Å². The van der Waals surface area contributed by atoms with Gasteiger partial charge in [-0.15, -0.1) is 0 Å². The molecule has 0 saturated heterocycles. The Morgan fingerprint density at radius 3 is 1.43 bits per heavy atom.